The quantitative estimate of drug-likeness (QED) is 0.736. The van der Waals surface area contributed by atoms with Gasteiger partial charge in [0.25, 0.3) is 5.78 Å². The Morgan fingerprint density at radius 1 is 1.28 bits per heavy atom. The first-order chi connectivity index (χ1) is 14.2. The van der Waals surface area contributed by atoms with Crippen molar-refractivity contribution in [3.8, 4) is 11.3 Å². The number of ether oxygens (including phenoxy) is 1. The Hall–Kier alpha value is -3.07. The van der Waals surface area contributed by atoms with Crippen LogP contribution in [-0.2, 0) is 4.74 Å². The molecule has 9 heteroatoms. The van der Waals surface area contributed by atoms with Crippen LogP contribution in [0.2, 0.25) is 0 Å². The van der Waals surface area contributed by atoms with Crippen LogP contribution in [0.1, 0.15) is 30.9 Å². The molecule has 1 atom stereocenters. The molecule has 2 amide bonds. The molecule has 2 aliphatic heterocycles. The number of aromatic nitrogens is 4. The van der Waals surface area contributed by atoms with Gasteiger partial charge in [-0.3, -0.25) is 0 Å². The first-order valence-corrected chi connectivity index (χ1v) is 9.83. The molecular weight excluding hydrogens is 375 g/mol. The van der Waals surface area contributed by atoms with E-state index in [0.717, 1.165) is 44.7 Å². The standard InChI is InChI=1S/C20H21FN6O2/c21-16-4-3-14(23-20(28)26-6-1-2-7-26)9-15(16)18-11-27-19(24-18)22-10-17(25-27)13-5-8-29-12-13/h3-4,9-11,13H,1-2,5-8,12H2,(H,23,28). The van der Waals surface area contributed by atoms with Gasteiger partial charge in [-0.25, -0.2) is 23.7 Å². The maximum absolute atomic E-state index is 14.5. The number of nitrogens with one attached hydrogen (secondary N) is 1. The van der Waals surface area contributed by atoms with Gasteiger partial charge in [-0.2, -0.15) is 5.10 Å². The molecule has 2 aliphatic rings. The summed E-state index contributed by atoms with van der Waals surface area (Å²) in [4.78, 5) is 22.8. The smallest absolute Gasteiger partial charge is 0.321 e. The molecule has 1 unspecified atom stereocenters. The van der Waals surface area contributed by atoms with Crippen LogP contribution < -0.4 is 5.32 Å². The largest absolute Gasteiger partial charge is 0.381 e. The minimum absolute atomic E-state index is 0.165. The highest BCUT2D eigenvalue weighted by molar-refractivity contribution is 5.90. The molecule has 8 nitrogen and oxygen atoms in total. The van der Waals surface area contributed by atoms with Crippen LogP contribution in [0, 0.1) is 5.82 Å². The van der Waals surface area contributed by atoms with E-state index in [1.54, 1.807) is 33.9 Å². The number of hydrogen-bond acceptors (Lipinski definition) is 5. The Labute approximate surface area is 166 Å². The van der Waals surface area contributed by atoms with Crippen LogP contribution in [0.3, 0.4) is 0 Å². The van der Waals surface area contributed by atoms with Crippen molar-refractivity contribution >= 4 is 17.5 Å². The van der Waals surface area contributed by atoms with Crippen molar-refractivity contribution in [2.24, 2.45) is 0 Å². The molecule has 29 heavy (non-hydrogen) atoms. The third-order valence-electron chi connectivity index (χ3n) is 5.44. The number of benzene rings is 1. The Morgan fingerprint density at radius 2 is 2.14 bits per heavy atom. The first kappa shape index (κ1) is 18.0. The van der Waals surface area contributed by atoms with E-state index in [-0.39, 0.29) is 11.9 Å². The number of hydrogen-bond donors (Lipinski definition) is 1. The molecule has 0 aliphatic carbocycles. The number of urea groups is 1. The average Bonchev–Trinajstić information content (AvgIpc) is 3.49. The summed E-state index contributed by atoms with van der Waals surface area (Å²) in [6.45, 7) is 2.85. The van der Waals surface area contributed by atoms with E-state index in [1.165, 1.54) is 6.07 Å². The van der Waals surface area contributed by atoms with Gasteiger partial charge in [-0.05, 0) is 37.5 Å². The van der Waals surface area contributed by atoms with E-state index in [1.807, 2.05) is 0 Å². The Morgan fingerprint density at radius 3 is 2.93 bits per heavy atom. The fourth-order valence-electron chi connectivity index (χ4n) is 3.80. The monoisotopic (exact) mass is 396 g/mol. The Kier molecular flexibility index (Phi) is 4.59. The fraction of sp³-hybridized carbons (Fsp3) is 0.400. The van der Waals surface area contributed by atoms with Gasteiger partial charge in [0, 0.05) is 36.9 Å². The molecule has 3 aromatic rings. The third-order valence-corrected chi connectivity index (χ3v) is 5.44. The number of nitrogens with zero attached hydrogens (tertiary/aromatic N) is 5. The highest BCUT2D eigenvalue weighted by Gasteiger charge is 2.21. The summed E-state index contributed by atoms with van der Waals surface area (Å²) in [7, 11) is 0. The number of carbonyl (C=O) groups is 1. The van der Waals surface area contributed by atoms with Crippen molar-refractivity contribution in [1.29, 1.82) is 0 Å². The van der Waals surface area contributed by atoms with Gasteiger partial charge >= 0.3 is 6.03 Å². The van der Waals surface area contributed by atoms with Crippen LogP contribution in [0.5, 0.6) is 0 Å². The van der Waals surface area contributed by atoms with E-state index >= 15 is 0 Å². The van der Waals surface area contributed by atoms with Crippen LogP contribution in [0.4, 0.5) is 14.9 Å². The van der Waals surface area contributed by atoms with Gasteiger partial charge in [0.05, 0.1) is 30.4 Å². The van der Waals surface area contributed by atoms with Crippen molar-refractivity contribution in [3.05, 3.63) is 42.1 Å². The predicted octanol–water partition coefficient (Wildman–Crippen LogP) is 3.06. The predicted molar refractivity (Wildman–Crippen MR) is 104 cm³/mol. The van der Waals surface area contributed by atoms with Crippen molar-refractivity contribution in [2.75, 3.05) is 31.6 Å². The SMILES string of the molecule is O=C(Nc1ccc(F)c(-c2cn3nc(C4CCOC4)cnc3n2)c1)N1CCCC1. The minimum Gasteiger partial charge on any atom is -0.381 e. The minimum atomic E-state index is -0.419. The zero-order valence-electron chi connectivity index (χ0n) is 15.8. The zero-order valence-corrected chi connectivity index (χ0v) is 15.8. The molecule has 5 rings (SSSR count). The lowest BCUT2D eigenvalue weighted by Gasteiger charge is -2.16. The van der Waals surface area contributed by atoms with E-state index in [0.29, 0.717) is 29.3 Å². The van der Waals surface area contributed by atoms with Crippen molar-refractivity contribution < 1.29 is 13.9 Å². The van der Waals surface area contributed by atoms with Gasteiger partial charge in [0.15, 0.2) is 0 Å². The first-order valence-electron chi connectivity index (χ1n) is 9.83. The molecule has 0 saturated carbocycles. The van der Waals surface area contributed by atoms with E-state index < -0.39 is 5.82 Å². The summed E-state index contributed by atoms with van der Waals surface area (Å²) in [6, 6.07) is 4.32. The topological polar surface area (TPSA) is 84.7 Å². The molecule has 0 bridgehead atoms. The van der Waals surface area contributed by atoms with Crippen molar-refractivity contribution in [2.45, 2.75) is 25.2 Å². The lowest BCUT2D eigenvalue weighted by Crippen LogP contribution is -2.32. The Balaban J connectivity index is 1.43. The van der Waals surface area contributed by atoms with Crippen molar-refractivity contribution in [3.63, 3.8) is 0 Å². The fourth-order valence-corrected chi connectivity index (χ4v) is 3.80. The second kappa shape index (κ2) is 7.40. The second-order valence-corrected chi connectivity index (χ2v) is 7.43. The summed E-state index contributed by atoms with van der Waals surface area (Å²) in [5.41, 5.74) is 2.08. The molecule has 1 N–H and O–H groups in total. The summed E-state index contributed by atoms with van der Waals surface area (Å²) in [5, 5.41) is 7.41. The van der Waals surface area contributed by atoms with Crippen LogP contribution in [0.25, 0.3) is 17.0 Å². The van der Waals surface area contributed by atoms with Gasteiger partial charge in [0.1, 0.15) is 5.82 Å². The number of likely N-dealkylation sites (tertiary alicyclic amines) is 1. The maximum atomic E-state index is 14.5. The number of amides is 2. The number of carbonyl (C=O) groups excluding carboxylic acids is 1. The van der Waals surface area contributed by atoms with Crippen LogP contribution >= 0.6 is 0 Å². The molecular formula is C20H21FN6O2. The molecule has 2 aromatic heterocycles. The van der Waals surface area contributed by atoms with Gasteiger partial charge in [0.2, 0.25) is 0 Å². The summed E-state index contributed by atoms with van der Waals surface area (Å²) < 4.78 is 21.5. The van der Waals surface area contributed by atoms with Gasteiger partial charge < -0.3 is 15.0 Å². The highest BCUT2D eigenvalue weighted by atomic mass is 19.1. The summed E-state index contributed by atoms with van der Waals surface area (Å²) in [6.07, 6.45) is 6.30. The average molecular weight is 396 g/mol. The van der Waals surface area contributed by atoms with E-state index in [9.17, 15) is 9.18 Å². The highest BCUT2D eigenvalue weighted by Crippen LogP contribution is 2.27. The van der Waals surface area contributed by atoms with Gasteiger partial charge in [-0.1, -0.05) is 0 Å². The van der Waals surface area contributed by atoms with Crippen molar-refractivity contribution in [1.82, 2.24) is 24.5 Å². The molecule has 0 radical (unpaired) electrons. The second-order valence-electron chi connectivity index (χ2n) is 7.43. The summed E-state index contributed by atoms with van der Waals surface area (Å²) in [5.74, 6) is 0.198. The number of halogens is 1. The van der Waals surface area contributed by atoms with Gasteiger partial charge in [-0.15, -0.1) is 0 Å². The van der Waals surface area contributed by atoms with Crippen LogP contribution in [-0.4, -0.2) is 56.8 Å². The third kappa shape index (κ3) is 3.53. The number of imidazole rings is 1. The lowest BCUT2D eigenvalue weighted by molar-refractivity contribution is 0.193. The lowest BCUT2D eigenvalue weighted by atomic mass is 10.1. The molecule has 150 valence electrons. The number of rotatable bonds is 3. The number of fused-ring (bicyclic) bond motifs is 1. The molecule has 2 fully saturated rings. The normalized spacial score (nSPS) is 19.2. The maximum Gasteiger partial charge on any atom is 0.321 e. The number of anilines is 1. The molecule has 0 spiro atoms. The molecule has 4 heterocycles. The van der Waals surface area contributed by atoms with E-state index in [4.69, 9.17) is 4.74 Å². The zero-order chi connectivity index (χ0) is 19.8. The summed E-state index contributed by atoms with van der Waals surface area (Å²) >= 11 is 0. The van der Waals surface area contributed by atoms with E-state index in [2.05, 4.69) is 20.4 Å². The Bertz CT molecular complexity index is 1060. The molecule has 2 saturated heterocycles. The molecule has 1 aromatic carbocycles. The van der Waals surface area contributed by atoms with Crippen LogP contribution in [0.15, 0.2) is 30.6 Å².